The quantitative estimate of drug-likeness (QED) is 0.441. The van der Waals surface area contributed by atoms with Gasteiger partial charge in [0.2, 0.25) is 0 Å². The van der Waals surface area contributed by atoms with Crippen LogP contribution < -0.4 is 0 Å². The molecule has 6 atom stereocenters. The zero-order valence-electron chi connectivity index (χ0n) is 16.0. The molecular weight excluding hydrogens is 320 g/mol. The van der Waals surface area contributed by atoms with Crippen LogP contribution in [-0.4, -0.2) is 42.8 Å². The van der Waals surface area contributed by atoms with Crippen LogP contribution in [-0.2, 0) is 23.7 Å². The van der Waals surface area contributed by atoms with E-state index in [4.69, 9.17) is 18.9 Å². The smallest absolute Gasteiger partial charge is 0.302 e. The molecule has 0 aromatic carbocycles. The minimum absolute atomic E-state index is 0.0541. The van der Waals surface area contributed by atoms with Gasteiger partial charge in [0.1, 0.15) is 17.8 Å². The first-order valence-corrected chi connectivity index (χ1v) is 9.92. The van der Waals surface area contributed by atoms with E-state index in [1.807, 2.05) is 0 Å². The van der Waals surface area contributed by atoms with Crippen molar-refractivity contribution >= 4 is 5.97 Å². The highest BCUT2D eigenvalue weighted by atomic mass is 16.7. The summed E-state index contributed by atoms with van der Waals surface area (Å²) in [5.41, 5.74) is -0.340. The molecular formula is C20H32O5. The lowest BCUT2D eigenvalue weighted by Crippen LogP contribution is -2.63. The maximum Gasteiger partial charge on any atom is 0.302 e. The Labute approximate surface area is 150 Å². The number of hydrogen-bond donors (Lipinski definition) is 0. The van der Waals surface area contributed by atoms with E-state index in [9.17, 15) is 4.79 Å². The van der Waals surface area contributed by atoms with Crippen molar-refractivity contribution in [1.29, 1.82) is 0 Å². The van der Waals surface area contributed by atoms with Gasteiger partial charge < -0.3 is 18.9 Å². The van der Waals surface area contributed by atoms with E-state index in [0.717, 1.165) is 45.1 Å². The average molecular weight is 352 g/mol. The molecule has 5 nitrogen and oxygen atoms in total. The summed E-state index contributed by atoms with van der Waals surface area (Å²) in [5, 5.41) is 0. The fourth-order valence-electron chi connectivity index (χ4n) is 6.06. The molecule has 4 aliphatic rings. The highest BCUT2D eigenvalue weighted by Crippen LogP contribution is 2.71. The molecule has 142 valence electrons. The Balaban J connectivity index is 1.61. The number of carbonyl (C=O) groups is 1. The first-order valence-electron chi connectivity index (χ1n) is 9.92. The van der Waals surface area contributed by atoms with E-state index in [1.54, 1.807) is 0 Å². The summed E-state index contributed by atoms with van der Waals surface area (Å²) < 4.78 is 24.4. The molecule has 0 bridgehead atoms. The molecule has 0 aromatic heterocycles. The van der Waals surface area contributed by atoms with Gasteiger partial charge in [-0.2, -0.15) is 0 Å². The van der Waals surface area contributed by atoms with Crippen molar-refractivity contribution < 1.29 is 23.7 Å². The van der Waals surface area contributed by atoms with Crippen molar-refractivity contribution in [3.63, 3.8) is 0 Å². The minimum atomic E-state index is -0.254. The van der Waals surface area contributed by atoms with Crippen LogP contribution in [0.15, 0.2) is 0 Å². The number of epoxide rings is 1. The summed E-state index contributed by atoms with van der Waals surface area (Å²) in [7, 11) is 0. The molecule has 0 aromatic rings. The molecule has 5 heteroatoms. The van der Waals surface area contributed by atoms with Gasteiger partial charge in [-0.15, -0.1) is 0 Å². The number of ether oxygens (including phenoxy) is 4. The molecule has 1 spiro atoms. The molecule has 0 amide bonds. The first-order chi connectivity index (χ1) is 11.8. The van der Waals surface area contributed by atoms with Crippen molar-refractivity contribution in [3.05, 3.63) is 0 Å². The topological polar surface area (TPSA) is 57.3 Å². The van der Waals surface area contributed by atoms with Crippen LogP contribution in [0.2, 0.25) is 0 Å². The Morgan fingerprint density at radius 3 is 2.60 bits per heavy atom. The fraction of sp³-hybridized carbons (Fsp3) is 0.950. The molecule has 4 rings (SSSR count). The lowest BCUT2D eigenvalue weighted by Gasteiger charge is -2.55. The van der Waals surface area contributed by atoms with Gasteiger partial charge in [0, 0.05) is 25.4 Å². The van der Waals surface area contributed by atoms with E-state index >= 15 is 0 Å². The van der Waals surface area contributed by atoms with Gasteiger partial charge in [-0.1, -0.05) is 27.2 Å². The van der Waals surface area contributed by atoms with Crippen molar-refractivity contribution in [1.82, 2.24) is 0 Å². The Hall–Kier alpha value is -0.650. The Morgan fingerprint density at radius 1 is 1.12 bits per heavy atom. The molecule has 2 saturated heterocycles. The second kappa shape index (κ2) is 5.93. The van der Waals surface area contributed by atoms with Gasteiger partial charge in [-0.25, -0.2) is 0 Å². The number of carbonyl (C=O) groups excluding carboxylic acids is 1. The monoisotopic (exact) mass is 352 g/mol. The van der Waals surface area contributed by atoms with Crippen molar-refractivity contribution in [2.75, 3.05) is 6.61 Å². The van der Waals surface area contributed by atoms with E-state index in [2.05, 4.69) is 20.8 Å². The Bertz CT molecular complexity index is 540. The van der Waals surface area contributed by atoms with E-state index in [0.29, 0.717) is 6.42 Å². The zero-order valence-corrected chi connectivity index (χ0v) is 16.0. The van der Waals surface area contributed by atoms with Gasteiger partial charge in [0.15, 0.2) is 6.29 Å². The molecule has 2 saturated carbocycles. The third kappa shape index (κ3) is 2.57. The van der Waals surface area contributed by atoms with Crippen LogP contribution in [0.5, 0.6) is 0 Å². The summed E-state index contributed by atoms with van der Waals surface area (Å²) in [4.78, 5) is 11.8. The standard InChI is InChI=1S/C20H32O5/c1-13(21)23-15-12-14(24-16-8-5-6-11-22-16)17-20(25-17)18(2,3)9-7-10-19(15,20)4/h14-17H,5-12H2,1-4H3/t14-,15+,16?,17-,19-,20+/m1/s1. The molecule has 2 heterocycles. The normalized spacial score (nSPS) is 48.2. The van der Waals surface area contributed by atoms with Gasteiger partial charge in [-0.3, -0.25) is 4.79 Å². The number of rotatable bonds is 3. The summed E-state index contributed by atoms with van der Waals surface area (Å²) in [6, 6.07) is 0. The third-order valence-electron chi connectivity index (χ3n) is 7.28. The van der Waals surface area contributed by atoms with Gasteiger partial charge in [-0.05, 0) is 37.5 Å². The lowest BCUT2D eigenvalue weighted by molar-refractivity contribution is -0.216. The summed E-state index contributed by atoms with van der Waals surface area (Å²) >= 11 is 0. The minimum Gasteiger partial charge on any atom is -0.462 e. The third-order valence-corrected chi connectivity index (χ3v) is 7.28. The molecule has 25 heavy (non-hydrogen) atoms. The summed E-state index contributed by atoms with van der Waals surface area (Å²) in [6.45, 7) is 9.13. The van der Waals surface area contributed by atoms with E-state index < -0.39 is 0 Å². The van der Waals surface area contributed by atoms with Gasteiger partial charge in [0.25, 0.3) is 0 Å². The van der Waals surface area contributed by atoms with Crippen molar-refractivity contribution in [3.8, 4) is 0 Å². The second-order valence-electron chi connectivity index (χ2n) is 9.23. The second-order valence-corrected chi connectivity index (χ2v) is 9.23. The molecule has 1 unspecified atom stereocenters. The predicted octanol–water partition coefficient (Wildman–Crippen LogP) is 3.59. The van der Waals surface area contributed by atoms with Crippen LogP contribution >= 0.6 is 0 Å². The fourth-order valence-corrected chi connectivity index (χ4v) is 6.06. The van der Waals surface area contributed by atoms with E-state index in [-0.39, 0.29) is 47.0 Å². The Morgan fingerprint density at radius 2 is 1.92 bits per heavy atom. The molecule has 0 N–H and O–H groups in total. The summed E-state index contributed by atoms with van der Waals surface area (Å²) in [5.74, 6) is -0.212. The Kier molecular flexibility index (Phi) is 4.21. The maximum atomic E-state index is 11.8. The largest absolute Gasteiger partial charge is 0.462 e. The highest BCUT2D eigenvalue weighted by Gasteiger charge is 2.81. The highest BCUT2D eigenvalue weighted by molar-refractivity contribution is 5.66. The first kappa shape index (κ1) is 17.7. The maximum absolute atomic E-state index is 11.8. The van der Waals surface area contributed by atoms with Crippen molar-refractivity contribution in [2.24, 2.45) is 10.8 Å². The van der Waals surface area contributed by atoms with Gasteiger partial charge in [0.05, 0.1) is 6.10 Å². The van der Waals surface area contributed by atoms with Gasteiger partial charge >= 0.3 is 5.97 Å². The number of esters is 1. The predicted molar refractivity (Wildman–Crippen MR) is 92.0 cm³/mol. The van der Waals surface area contributed by atoms with Crippen LogP contribution in [0.3, 0.4) is 0 Å². The van der Waals surface area contributed by atoms with Crippen LogP contribution in [0.4, 0.5) is 0 Å². The molecule has 4 fully saturated rings. The zero-order chi connectivity index (χ0) is 17.9. The molecule has 2 aliphatic heterocycles. The van der Waals surface area contributed by atoms with E-state index in [1.165, 1.54) is 6.92 Å². The molecule has 2 aliphatic carbocycles. The average Bonchev–Trinajstić information content (AvgIpc) is 3.30. The van der Waals surface area contributed by atoms with Crippen molar-refractivity contribution in [2.45, 2.75) is 103 Å². The number of hydrogen-bond acceptors (Lipinski definition) is 5. The lowest BCUT2D eigenvalue weighted by atomic mass is 9.49. The summed E-state index contributed by atoms with van der Waals surface area (Å²) in [6.07, 6.45) is 6.95. The SMILES string of the molecule is CC(=O)O[C@H]1C[C@@H](OC2CCCCO2)[C@H]2O[C@]23C(C)(C)CCC[C@]13C. The van der Waals surface area contributed by atoms with Crippen LogP contribution in [0, 0.1) is 10.8 Å². The van der Waals surface area contributed by atoms with Crippen LogP contribution in [0.1, 0.15) is 72.6 Å². The molecule has 0 radical (unpaired) electrons. The van der Waals surface area contributed by atoms with Crippen LogP contribution in [0.25, 0.3) is 0 Å².